The third-order valence-electron chi connectivity index (χ3n) is 18.6. The molecule has 98 heavy (non-hydrogen) atoms. The van der Waals surface area contributed by atoms with E-state index >= 15 is 0 Å². The van der Waals surface area contributed by atoms with Crippen molar-refractivity contribution < 1.29 is 0 Å². The third kappa shape index (κ3) is 10.6. The zero-order valence-corrected chi connectivity index (χ0v) is 52.8. The first-order valence-electron chi connectivity index (χ1n) is 32.5. The second-order valence-corrected chi connectivity index (χ2v) is 24.5. The summed E-state index contributed by atoms with van der Waals surface area (Å²) in [6.07, 6.45) is 0. The van der Waals surface area contributed by atoms with Crippen LogP contribution in [0.5, 0.6) is 0 Å². The molecule has 0 bridgehead atoms. The standard InChI is InChI=1S/C90H54N8/c91-55-58-17-13-28-65(45-58)66-29-16-32-73(48-66)88-94-89(74-33-39-76(71-30-14-18-59(46-71)56-92)86(53-74)97-82-41-35-67(61-20-5-1-6-21-61)49-78(82)79-50-68(36-42-83(79)97)62-22-7-2-8-23-62)96-90(95-88)75-34-40-77(72-31-15-19-60(47-72)57-93)87(54-75)98-84-43-37-69(63-24-9-3-10-25-63)51-80(84)81-52-70(38-44-85(81)98)64-26-11-4-12-27-64/h1-54H. The van der Waals surface area contributed by atoms with Crippen molar-refractivity contribution in [2.45, 2.75) is 0 Å². The normalized spacial score (nSPS) is 11.2. The van der Waals surface area contributed by atoms with Gasteiger partial charge in [0, 0.05) is 49.4 Å². The molecule has 3 heterocycles. The minimum Gasteiger partial charge on any atom is -0.309 e. The molecule has 0 aliphatic heterocycles. The lowest BCUT2D eigenvalue weighted by molar-refractivity contribution is 1.07. The first kappa shape index (κ1) is 58.0. The zero-order valence-electron chi connectivity index (χ0n) is 52.8. The Bertz CT molecular complexity index is 5630. The summed E-state index contributed by atoms with van der Waals surface area (Å²) < 4.78 is 4.69. The fraction of sp³-hybridized carbons (Fsp3) is 0. The molecule has 0 saturated heterocycles. The highest BCUT2D eigenvalue weighted by Gasteiger charge is 2.24. The van der Waals surface area contributed by atoms with Crippen molar-refractivity contribution in [3.05, 3.63) is 344 Å². The molecule has 0 fully saturated rings. The number of fused-ring (bicyclic) bond motifs is 6. The fourth-order valence-electron chi connectivity index (χ4n) is 13.9. The molecule has 3 aromatic heterocycles. The molecule has 0 spiro atoms. The van der Waals surface area contributed by atoms with Crippen LogP contribution in [0, 0.1) is 34.0 Å². The summed E-state index contributed by atoms with van der Waals surface area (Å²) in [6, 6.07) is 120. The summed E-state index contributed by atoms with van der Waals surface area (Å²) in [5.74, 6) is 1.32. The number of nitrogens with zero attached hydrogens (tertiary/aromatic N) is 8. The van der Waals surface area contributed by atoms with Crippen LogP contribution in [0.15, 0.2) is 328 Å². The SMILES string of the molecule is N#Cc1cccc(-c2cccc(-c3nc(-c4ccc(-c5cccc(C#N)c5)c(-n5c6ccc(-c7ccccc7)cc6c6cc(-c7ccccc7)ccc65)c4)nc(-c4ccc(-c5cccc(C#N)c5)c(-n5c6ccc(-c7ccccc7)cc6c6cc(-c7ccccc7)ccc65)c4)n3)c2)c1. The van der Waals surface area contributed by atoms with Gasteiger partial charge in [0.1, 0.15) is 0 Å². The first-order chi connectivity index (χ1) is 48.4. The van der Waals surface area contributed by atoms with Gasteiger partial charge in [0.15, 0.2) is 17.5 Å². The molecule has 454 valence electrons. The van der Waals surface area contributed by atoms with Gasteiger partial charge < -0.3 is 9.13 Å². The number of nitriles is 3. The summed E-state index contributed by atoms with van der Waals surface area (Å²) in [7, 11) is 0. The Morgan fingerprint density at radius 1 is 0.204 bits per heavy atom. The molecule has 0 saturated carbocycles. The van der Waals surface area contributed by atoms with E-state index in [1.165, 1.54) is 0 Å². The van der Waals surface area contributed by atoms with Crippen molar-refractivity contribution >= 4 is 43.6 Å². The molecular formula is C90H54N8. The van der Waals surface area contributed by atoms with Crippen molar-refractivity contribution in [2.75, 3.05) is 0 Å². The lowest BCUT2D eigenvalue weighted by Crippen LogP contribution is -2.03. The van der Waals surface area contributed by atoms with E-state index in [1.54, 1.807) is 0 Å². The minimum atomic E-state index is 0.435. The maximum absolute atomic E-state index is 10.4. The highest BCUT2D eigenvalue weighted by Crippen LogP contribution is 2.44. The molecule has 14 aromatic carbocycles. The molecular weight excluding hydrogens is 1190 g/mol. The maximum atomic E-state index is 10.4. The van der Waals surface area contributed by atoms with Gasteiger partial charge >= 0.3 is 0 Å². The van der Waals surface area contributed by atoms with Crippen LogP contribution in [0.3, 0.4) is 0 Å². The van der Waals surface area contributed by atoms with Crippen molar-refractivity contribution in [2.24, 2.45) is 0 Å². The van der Waals surface area contributed by atoms with E-state index in [0.29, 0.717) is 34.2 Å². The largest absolute Gasteiger partial charge is 0.309 e. The van der Waals surface area contributed by atoms with Crippen molar-refractivity contribution in [1.82, 2.24) is 24.1 Å². The Morgan fingerprint density at radius 3 is 0.796 bits per heavy atom. The number of rotatable bonds is 12. The molecule has 0 N–H and O–H groups in total. The fourth-order valence-corrected chi connectivity index (χ4v) is 13.9. The highest BCUT2D eigenvalue weighted by molar-refractivity contribution is 6.14. The molecule has 0 atom stereocenters. The third-order valence-corrected chi connectivity index (χ3v) is 18.6. The average Bonchev–Trinajstić information content (AvgIpc) is 1.57. The Hall–Kier alpha value is -13.8. The van der Waals surface area contributed by atoms with Crippen molar-refractivity contribution in [1.29, 1.82) is 15.8 Å². The van der Waals surface area contributed by atoms with Crippen LogP contribution in [-0.2, 0) is 0 Å². The number of benzene rings is 14. The van der Waals surface area contributed by atoms with Crippen LogP contribution in [-0.4, -0.2) is 24.1 Å². The van der Waals surface area contributed by atoms with Gasteiger partial charge in [-0.05, 0) is 170 Å². The quantitative estimate of drug-likeness (QED) is 0.120. The van der Waals surface area contributed by atoms with Gasteiger partial charge in [-0.2, -0.15) is 15.8 Å². The monoisotopic (exact) mass is 1250 g/mol. The Labute approximate surface area is 566 Å². The lowest BCUT2D eigenvalue weighted by Gasteiger charge is -2.18. The summed E-state index contributed by atoms with van der Waals surface area (Å²) in [4.78, 5) is 16.5. The van der Waals surface area contributed by atoms with Crippen molar-refractivity contribution in [3.63, 3.8) is 0 Å². The minimum absolute atomic E-state index is 0.435. The van der Waals surface area contributed by atoms with Gasteiger partial charge in [0.2, 0.25) is 0 Å². The van der Waals surface area contributed by atoms with E-state index < -0.39 is 0 Å². The summed E-state index contributed by atoms with van der Waals surface area (Å²) in [5.41, 5.74) is 23.8. The smallest absolute Gasteiger partial charge is 0.164 e. The second kappa shape index (κ2) is 24.6. The van der Waals surface area contributed by atoms with E-state index in [0.717, 1.165) is 150 Å². The number of hydrogen-bond donors (Lipinski definition) is 0. The maximum Gasteiger partial charge on any atom is 0.164 e. The van der Waals surface area contributed by atoms with Crippen LogP contribution in [0.2, 0.25) is 0 Å². The van der Waals surface area contributed by atoms with Crippen LogP contribution in [0.25, 0.3) is 167 Å². The van der Waals surface area contributed by atoms with Gasteiger partial charge in [-0.1, -0.05) is 224 Å². The predicted octanol–water partition coefficient (Wildman–Crippen LogP) is 22.4. The average molecular weight is 1250 g/mol. The number of aromatic nitrogens is 5. The predicted molar refractivity (Wildman–Crippen MR) is 397 cm³/mol. The molecule has 8 heteroatoms. The van der Waals surface area contributed by atoms with E-state index in [4.69, 9.17) is 15.0 Å². The molecule has 0 unspecified atom stereocenters. The topological polar surface area (TPSA) is 120 Å². The van der Waals surface area contributed by atoms with Crippen LogP contribution in [0.1, 0.15) is 16.7 Å². The molecule has 17 aromatic rings. The molecule has 0 radical (unpaired) electrons. The molecule has 0 aliphatic rings. The Morgan fingerprint density at radius 2 is 0.459 bits per heavy atom. The van der Waals surface area contributed by atoms with Gasteiger partial charge in [-0.3, -0.25) is 0 Å². The molecule has 0 amide bonds. The van der Waals surface area contributed by atoms with Gasteiger partial charge in [0.05, 0.1) is 68.3 Å². The van der Waals surface area contributed by atoms with Crippen molar-refractivity contribution in [3.8, 4) is 142 Å². The summed E-state index contributed by atoms with van der Waals surface area (Å²) in [5, 5.41) is 35.1. The highest BCUT2D eigenvalue weighted by atomic mass is 15.0. The van der Waals surface area contributed by atoms with E-state index in [-0.39, 0.29) is 0 Å². The van der Waals surface area contributed by atoms with Gasteiger partial charge in [-0.15, -0.1) is 0 Å². The molecule has 17 rings (SSSR count). The van der Waals surface area contributed by atoms with Gasteiger partial charge in [0.25, 0.3) is 0 Å². The lowest BCUT2D eigenvalue weighted by atomic mass is 9.98. The van der Waals surface area contributed by atoms with Crippen LogP contribution in [0.4, 0.5) is 0 Å². The first-order valence-corrected chi connectivity index (χ1v) is 32.5. The second-order valence-electron chi connectivity index (χ2n) is 24.5. The van der Waals surface area contributed by atoms with Crippen LogP contribution >= 0.6 is 0 Å². The Balaban J connectivity index is 0.920. The van der Waals surface area contributed by atoms with Gasteiger partial charge in [-0.25, -0.2) is 15.0 Å². The van der Waals surface area contributed by atoms with Crippen LogP contribution < -0.4 is 0 Å². The molecule has 0 aliphatic carbocycles. The van der Waals surface area contributed by atoms with E-state index in [2.05, 4.69) is 252 Å². The zero-order chi connectivity index (χ0) is 65.6. The van der Waals surface area contributed by atoms with E-state index in [1.807, 2.05) is 103 Å². The number of hydrogen-bond acceptors (Lipinski definition) is 6. The summed E-state index contributed by atoms with van der Waals surface area (Å²) >= 11 is 0. The van der Waals surface area contributed by atoms with E-state index in [9.17, 15) is 15.8 Å². The summed E-state index contributed by atoms with van der Waals surface area (Å²) in [6.45, 7) is 0. The molecule has 8 nitrogen and oxygen atoms in total. The Kier molecular flexibility index (Phi) is 14.5.